The van der Waals surface area contributed by atoms with Gasteiger partial charge in [-0.15, -0.1) is 0 Å². The molecule has 0 aliphatic rings. The summed E-state index contributed by atoms with van der Waals surface area (Å²) in [5.41, 5.74) is 0.108. The van der Waals surface area contributed by atoms with E-state index in [1.165, 1.54) is 0 Å². The van der Waals surface area contributed by atoms with Gasteiger partial charge in [-0.25, -0.2) is 0 Å². The van der Waals surface area contributed by atoms with Crippen molar-refractivity contribution in [3.63, 3.8) is 0 Å². The molecule has 0 aliphatic heterocycles. The predicted octanol–water partition coefficient (Wildman–Crippen LogP) is 1.29. The van der Waals surface area contributed by atoms with Gasteiger partial charge in [0.1, 0.15) is 0 Å². The molecule has 0 radical (unpaired) electrons. The summed E-state index contributed by atoms with van der Waals surface area (Å²) in [4.78, 5) is 0. The summed E-state index contributed by atoms with van der Waals surface area (Å²) in [6.45, 7) is 1.31. The number of benzene rings is 1. The number of hydrogen-bond donors (Lipinski definition) is 1. The van der Waals surface area contributed by atoms with Gasteiger partial charge in [0.15, 0.2) is 5.54 Å². The minimum atomic E-state index is -0.797. The molecule has 17 heavy (non-hydrogen) atoms. The zero-order valence-electron chi connectivity index (χ0n) is 10.3. The zero-order chi connectivity index (χ0) is 12.6. The van der Waals surface area contributed by atoms with E-state index in [0.717, 1.165) is 5.56 Å². The second kappa shape index (κ2) is 7.02. The van der Waals surface area contributed by atoms with E-state index in [2.05, 4.69) is 11.4 Å². The number of nitrogens with zero attached hydrogens (tertiary/aromatic N) is 1. The van der Waals surface area contributed by atoms with Crippen molar-refractivity contribution in [2.24, 2.45) is 0 Å². The lowest BCUT2D eigenvalue weighted by atomic mass is 9.92. The molecule has 0 bridgehead atoms. The van der Waals surface area contributed by atoms with E-state index in [0.29, 0.717) is 19.8 Å². The van der Waals surface area contributed by atoms with Gasteiger partial charge in [-0.05, 0) is 12.6 Å². The lowest BCUT2D eigenvalue weighted by molar-refractivity contribution is 0.0468. The van der Waals surface area contributed by atoms with E-state index in [4.69, 9.17) is 9.47 Å². The Kier molecular flexibility index (Phi) is 5.64. The van der Waals surface area contributed by atoms with Crippen LogP contribution in [0.15, 0.2) is 30.3 Å². The number of rotatable bonds is 7. The molecule has 0 heterocycles. The number of methoxy groups -OCH3 is 1. The van der Waals surface area contributed by atoms with Gasteiger partial charge >= 0.3 is 0 Å². The molecule has 0 saturated heterocycles. The minimum absolute atomic E-state index is 0.299. The van der Waals surface area contributed by atoms with Crippen molar-refractivity contribution in [2.75, 3.05) is 34.0 Å². The maximum Gasteiger partial charge on any atom is 0.155 e. The molecule has 0 aromatic heterocycles. The summed E-state index contributed by atoms with van der Waals surface area (Å²) in [5, 5.41) is 12.4. The lowest BCUT2D eigenvalue weighted by Crippen LogP contribution is -2.43. The Morgan fingerprint density at radius 1 is 1.29 bits per heavy atom. The second-order valence-corrected chi connectivity index (χ2v) is 3.68. The lowest BCUT2D eigenvalue weighted by Gasteiger charge is -2.26. The normalized spacial score (nSPS) is 13.9. The third-order valence-electron chi connectivity index (χ3n) is 2.63. The maximum absolute atomic E-state index is 9.36. The first-order valence-electron chi connectivity index (χ1n) is 5.51. The van der Waals surface area contributed by atoms with Crippen molar-refractivity contribution >= 4 is 0 Å². The molecule has 1 unspecified atom stereocenters. The average Bonchev–Trinajstić information content (AvgIpc) is 2.41. The molecule has 1 N–H and O–H groups in total. The van der Waals surface area contributed by atoms with Gasteiger partial charge in [-0.3, -0.25) is 5.32 Å². The second-order valence-electron chi connectivity index (χ2n) is 3.68. The highest BCUT2D eigenvalue weighted by Crippen LogP contribution is 2.20. The monoisotopic (exact) mass is 234 g/mol. The van der Waals surface area contributed by atoms with Crippen LogP contribution in [-0.2, 0) is 15.0 Å². The molecule has 0 amide bonds. The van der Waals surface area contributed by atoms with Crippen molar-refractivity contribution in [2.45, 2.75) is 5.54 Å². The standard InChI is InChI=1S/C13H18N2O2/c1-15-13(10-14,11-17-9-8-16-2)12-6-4-3-5-7-12/h3-7,15H,8-9,11H2,1-2H3. The Bertz CT molecular complexity index is 361. The van der Waals surface area contributed by atoms with Gasteiger partial charge in [0.05, 0.1) is 25.9 Å². The fraction of sp³-hybridized carbons (Fsp3) is 0.462. The largest absolute Gasteiger partial charge is 0.382 e. The summed E-state index contributed by atoms with van der Waals surface area (Å²) in [6, 6.07) is 11.9. The summed E-state index contributed by atoms with van der Waals surface area (Å²) in [5.74, 6) is 0. The van der Waals surface area contributed by atoms with Gasteiger partial charge in [0.2, 0.25) is 0 Å². The van der Waals surface area contributed by atoms with Crippen molar-refractivity contribution in [1.29, 1.82) is 5.26 Å². The van der Waals surface area contributed by atoms with Gasteiger partial charge in [-0.1, -0.05) is 30.3 Å². The number of nitriles is 1. The predicted molar refractivity (Wildman–Crippen MR) is 65.5 cm³/mol. The first-order valence-corrected chi connectivity index (χ1v) is 5.51. The average molecular weight is 234 g/mol. The summed E-state index contributed by atoms with van der Waals surface area (Å²) in [7, 11) is 3.38. The Morgan fingerprint density at radius 2 is 2.00 bits per heavy atom. The molecule has 4 heteroatoms. The van der Waals surface area contributed by atoms with Gasteiger partial charge < -0.3 is 9.47 Å². The fourth-order valence-corrected chi connectivity index (χ4v) is 1.54. The highest BCUT2D eigenvalue weighted by molar-refractivity contribution is 5.31. The molecule has 1 rings (SSSR count). The van der Waals surface area contributed by atoms with Crippen LogP contribution in [0.1, 0.15) is 5.56 Å². The molecule has 1 aromatic carbocycles. The van der Waals surface area contributed by atoms with Crippen molar-refractivity contribution in [1.82, 2.24) is 5.32 Å². The Labute approximate surface area is 102 Å². The summed E-state index contributed by atoms with van der Waals surface area (Å²) in [6.07, 6.45) is 0. The van der Waals surface area contributed by atoms with Crippen molar-refractivity contribution < 1.29 is 9.47 Å². The topological polar surface area (TPSA) is 54.3 Å². The van der Waals surface area contributed by atoms with Crippen molar-refractivity contribution in [3.05, 3.63) is 35.9 Å². The van der Waals surface area contributed by atoms with Gasteiger partial charge in [0.25, 0.3) is 0 Å². The molecular formula is C13H18N2O2. The van der Waals surface area contributed by atoms with Gasteiger partial charge in [0, 0.05) is 7.11 Å². The van der Waals surface area contributed by atoms with Gasteiger partial charge in [-0.2, -0.15) is 5.26 Å². The number of ether oxygens (including phenoxy) is 2. The SMILES string of the molecule is CNC(C#N)(COCCOC)c1ccccc1. The molecule has 92 valence electrons. The van der Waals surface area contributed by atoms with Crippen LogP contribution >= 0.6 is 0 Å². The Balaban J connectivity index is 2.73. The van der Waals surface area contributed by atoms with Crippen molar-refractivity contribution in [3.8, 4) is 6.07 Å². The highest BCUT2D eigenvalue weighted by atomic mass is 16.5. The maximum atomic E-state index is 9.36. The first-order chi connectivity index (χ1) is 8.29. The smallest absolute Gasteiger partial charge is 0.155 e. The number of nitrogens with one attached hydrogen (secondary N) is 1. The van der Waals surface area contributed by atoms with E-state index in [-0.39, 0.29) is 0 Å². The third-order valence-corrected chi connectivity index (χ3v) is 2.63. The van der Waals surface area contributed by atoms with Crippen LogP contribution in [0.25, 0.3) is 0 Å². The van der Waals surface area contributed by atoms with Crippen LogP contribution in [0.4, 0.5) is 0 Å². The molecular weight excluding hydrogens is 216 g/mol. The van der Waals surface area contributed by atoms with E-state index >= 15 is 0 Å². The first kappa shape index (κ1) is 13.7. The molecule has 1 aromatic rings. The molecule has 0 fully saturated rings. The third kappa shape index (κ3) is 3.53. The molecule has 1 atom stereocenters. The van der Waals surface area contributed by atoms with Crippen LogP contribution in [0.2, 0.25) is 0 Å². The molecule has 4 nitrogen and oxygen atoms in total. The van der Waals surface area contributed by atoms with E-state index in [1.54, 1.807) is 14.2 Å². The Hall–Kier alpha value is -1.41. The van der Waals surface area contributed by atoms with Crippen LogP contribution in [-0.4, -0.2) is 34.0 Å². The van der Waals surface area contributed by atoms with Crippen LogP contribution < -0.4 is 5.32 Å². The molecule has 0 aliphatic carbocycles. The van der Waals surface area contributed by atoms with E-state index in [9.17, 15) is 5.26 Å². The minimum Gasteiger partial charge on any atom is -0.382 e. The fourth-order valence-electron chi connectivity index (χ4n) is 1.54. The summed E-state index contributed by atoms with van der Waals surface area (Å²) < 4.78 is 10.4. The molecule has 0 saturated carbocycles. The highest BCUT2D eigenvalue weighted by Gasteiger charge is 2.30. The van der Waals surface area contributed by atoms with Crippen LogP contribution in [0.5, 0.6) is 0 Å². The quantitative estimate of drug-likeness (QED) is 0.722. The number of likely N-dealkylation sites (N-methyl/N-ethyl adjacent to an activating group) is 1. The Morgan fingerprint density at radius 3 is 2.53 bits per heavy atom. The van der Waals surface area contributed by atoms with E-state index in [1.807, 2.05) is 30.3 Å². The zero-order valence-corrected chi connectivity index (χ0v) is 10.3. The summed E-state index contributed by atoms with van der Waals surface area (Å²) >= 11 is 0. The van der Waals surface area contributed by atoms with Crippen LogP contribution in [0, 0.1) is 11.3 Å². The molecule has 0 spiro atoms. The van der Waals surface area contributed by atoms with Crippen LogP contribution in [0.3, 0.4) is 0 Å². The number of hydrogen-bond acceptors (Lipinski definition) is 4. The van der Waals surface area contributed by atoms with E-state index < -0.39 is 5.54 Å².